The Morgan fingerprint density at radius 3 is 2.38 bits per heavy atom. The minimum absolute atomic E-state index is 0.312. The largest absolute Gasteiger partial charge is 0.494 e. The molecule has 2 atom stereocenters. The first-order valence-corrected chi connectivity index (χ1v) is 9.00. The molecule has 0 spiro atoms. The minimum atomic E-state index is -0.314. The summed E-state index contributed by atoms with van der Waals surface area (Å²) in [7, 11) is 1.81. The lowest BCUT2D eigenvalue weighted by Gasteiger charge is -2.32. The highest BCUT2D eigenvalue weighted by Crippen LogP contribution is 2.36. The summed E-state index contributed by atoms with van der Waals surface area (Å²) in [6.45, 7) is 11.4. The molecule has 4 nitrogen and oxygen atoms in total. The number of benzene rings is 1. The van der Waals surface area contributed by atoms with Gasteiger partial charge in [-0.15, -0.1) is 0 Å². The first-order chi connectivity index (χ1) is 11.2. The summed E-state index contributed by atoms with van der Waals surface area (Å²) in [4.78, 5) is 2.26. The van der Waals surface area contributed by atoms with Crippen molar-refractivity contribution in [1.82, 2.24) is 0 Å². The molecular weight excluding hydrogens is 301 g/mol. The van der Waals surface area contributed by atoms with E-state index < -0.39 is 0 Å². The Hall–Kier alpha value is -1.04. The van der Waals surface area contributed by atoms with Crippen molar-refractivity contribution >= 4 is 18.3 Å². The lowest BCUT2D eigenvalue weighted by Crippen LogP contribution is -2.41. The van der Waals surface area contributed by atoms with Crippen LogP contribution in [-0.4, -0.2) is 44.1 Å². The van der Waals surface area contributed by atoms with Crippen LogP contribution in [0.1, 0.15) is 47.5 Å². The molecule has 0 aromatic heterocycles. The van der Waals surface area contributed by atoms with E-state index in [0.717, 1.165) is 24.8 Å². The molecule has 0 aliphatic carbocycles. The van der Waals surface area contributed by atoms with E-state index in [4.69, 9.17) is 14.0 Å². The molecule has 132 valence electrons. The molecule has 2 aliphatic heterocycles. The van der Waals surface area contributed by atoms with E-state index in [-0.39, 0.29) is 18.3 Å². The number of hydrogen-bond donors (Lipinski definition) is 0. The summed E-state index contributed by atoms with van der Waals surface area (Å²) >= 11 is 0. The molecular formula is C19H30BNO3. The summed E-state index contributed by atoms with van der Waals surface area (Å²) in [5, 5.41) is 0. The second-order valence-electron chi connectivity index (χ2n) is 8.21. The van der Waals surface area contributed by atoms with Crippen molar-refractivity contribution in [3.8, 4) is 0 Å². The van der Waals surface area contributed by atoms with Gasteiger partial charge in [-0.3, -0.25) is 0 Å². The Kier molecular flexibility index (Phi) is 4.71. The van der Waals surface area contributed by atoms with E-state index in [0.29, 0.717) is 12.2 Å². The van der Waals surface area contributed by atoms with Crippen LogP contribution >= 0.6 is 0 Å². The fourth-order valence-corrected chi connectivity index (χ4v) is 3.32. The molecule has 0 bridgehead atoms. The maximum Gasteiger partial charge on any atom is 0.494 e. The van der Waals surface area contributed by atoms with E-state index in [1.165, 1.54) is 5.69 Å². The maximum atomic E-state index is 6.17. The van der Waals surface area contributed by atoms with Gasteiger partial charge in [-0.25, -0.2) is 0 Å². The third kappa shape index (κ3) is 3.49. The zero-order valence-corrected chi connectivity index (χ0v) is 15.8. The first kappa shape index (κ1) is 17.8. The van der Waals surface area contributed by atoms with Crippen LogP contribution in [0.15, 0.2) is 24.3 Å². The van der Waals surface area contributed by atoms with Gasteiger partial charge in [-0.05, 0) is 65.1 Å². The molecule has 2 heterocycles. The number of likely N-dealkylation sites (N-methyl/N-ethyl adjacent to an activating group) is 1. The molecule has 2 fully saturated rings. The molecule has 0 saturated carbocycles. The third-order valence-corrected chi connectivity index (χ3v) is 5.63. The third-order valence-electron chi connectivity index (χ3n) is 5.63. The fraction of sp³-hybridized carbons (Fsp3) is 0.684. The predicted molar refractivity (Wildman–Crippen MR) is 99.0 cm³/mol. The predicted octanol–water partition coefficient (Wildman–Crippen LogP) is 2.99. The van der Waals surface area contributed by atoms with Crippen LogP contribution in [0.25, 0.3) is 0 Å². The molecule has 0 amide bonds. The highest BCUT2D eigenvalue weighted by atomic mass is 16.7. The van der Waals surface area contributed by atoms with Gasteiger partial charge in [0.1, 0.15) is 0 Å². The van der Waals surface area contributed by atoms with Crippen LogP contribution in [0, 0.1) is 0 Å². The highest BCUT2D eigenvalue weighted by molar-refractivity contribution is 6.62. The number of rotatable bonds is 4. The number of hydrogen-bond acceptors (Lipinski definition) is 4. The minimum Gasteiger partial charge on any atom is -0.399 e. The fourth-order valence-electron chi connectivity index (χ4n) is 3.32. The molecule has 24 heavy (non-hydrogen) atoms. The normalized spacial score (nSPS) is 28.3. The van der Waals surface area contributed by atoms with Gasteiger partial charge in [0.25, 0.3) is 0 Å². The van der Waals surface area contributed by atoms with Crippen LogP contribution in [-0.2, 0) is 14.0 Å². The van der Waals surface area contributed by atoms with Crippen LogP contribution in [0.5, 0.6) is 0 Å². The van der Waals surface area contributed by atoms with Crippen molar-refractivity contribution in [3.05, 3.63) is 24.3 Å². The Balaban J connectivity index is 1.70. The van der Waals surface area contributed by atoms with Crippen molar-refractivity contribution in [3.63, 3.8) is 0 Å². The second-order valence-corrected chi connectivity index (χ2v) is 8.21. The van der Waals surface area contributed by atoms with Gasteiger partial charge in [0.05, 0.1) is 23.4 Å². The summed E-state index contributed by atoms with van der Waals surface area (Å²) in [6, 6.07) is 8.45. The summed E-state index contributed by atoms with van der Waals surface area (Å²) in [5.41, 5.74) is 1.62. The van der Waals surface area contributed by atoms with Crippen molar-refractivity contribution in [2.24, 2.45) is 0 Å². The Morgan fingerprint density at radius 2 is 1.79 bits per heavy atom. The van der Waals surface area contributed by atoms with E-state index in [1.54, 1.807) is 0 Å². The van der Waals surface area contributed by atoms with Crippen molar-refractivity contribution in [2.75, 3.05) is 18.5 Å². The molecule has 0 N–H and O–H groups in total. The van der Waals surface area contributed by atoms with Gasteiger partial charge in [-0.2, -0.15) is 0 Å². The van der Waals surface area contributed by atoms with Crippen molar-refractivity contribution < 1.29 is 14.0 Å². The zero-order chi connectivity index (χ0) is 17.5. The average molecular weight is 331 g/mol. The van der Waals surface area contributed by atoms with E-state index >= 15 is 0 Å². The van der Waals surface area contributed by atoms with E-state index in [9.17, 15) is 0 Å². The van der Waals surface area contributed by atoms with Gasteiger partial charge in [-0.1, -0.05) is 12.1 Å². The smallest absolute Gasteiger partial charge is 0.399 e. The molecule has 1 aromatic carbocycles. The second kappa shape index (κ2) is 6.36. The Labute approximate surface area is 146 Å². The molecule has 1 aromatic rings. The van der Waals surface area contributed by atoms with Gasteiger partial charge in [0.15, 0.2) is 0 Å². The lowest BCUT2D eigenvalue weighted by atomic mass is 9.79. The standard InChI is InChI=1S/C19H30BNO3/c1-14-10-11-17(22-14)13-21(6)16-9-7-8-15(12-16)20-23-18(2,3)19(4,5)24-20/h7-9,12,14,17H,10-11,13H2,1-6H3. The average Bonchev–Trinajstić information content (AvgIpc) is 3.00. The molecule has 0 radical (unpaired) electrons. The summed E-state index contributed by atoms with van der Waals surface area (Å²) in [6.07, 6.45) is 3.01. The van der Waals surface area contributed by atoms with Gasteiger partial charge in [0.2, 0.25) is 0 Å². The van der Waals surface area contributed by atoms with Gasteiger partial charge >= 0.3 is 7.12 Å². The molecule has 5 heteroatoms. The first-order valence-electron chi connectivity index (χ1n) is 9.00. The topological polar surface area (TPSA) is 30.9 Å². The van der Waals surface area contributed by atoms with Crippen LogP contribution < -0.4 is 10.4 Å². The Morgan fingerprint density at radius 1 is 1.12 bits per heavy atom. The zero-order valence-electron chi connectivity index (χ0n) is 15.8. The van der Waals surface area contributed by atoms with Crippen molar-refractivity contribution in [1.29, 1.82) is 0 Å². The van der Waals surface area contributed by atoms with E-state index in [1.807, 2.05) is 0 Å². The maximum absolute atomic E-state index is 6.17. The number of nitrogens with zero attached hydrogens (tertiary/aromatic N) is 1. The number of anilines is 1. The summed E-state index contributed by atoms with van der Waals surface area (Å²) < 4.78 is 18.3. The van der Waals surface area contributed by atoms with Gasteiger partial charge in [0, 0.05) is 19.3 Å². The van der Waals surface area contributed by atoms with Crippen LogP contribution in [0.3, 0.4) is 0 Å². The van der Waals surface area contributed by atoms with Crippen LogP contribution in [0.4, 0.5) is 5.69 Å². The van der Waals surface area contributed by atoms with Crippen molar-refractivity contribution in [2.45, 2.75) is 70.9 Å². The number of ether oxygens (including phenoxy) is 1. The highest BCUT2D eigenvalue weighted by Gasteiger charge is 2.51. The quantitative estimate of drug-likeness (QED) is 0.794. The van der Waals surface area contributed by atoms with Gasteiger partial charge < -0.3 is 18.9 Å². The Bertz CT molecular complexity index is 574. The molecule has 2 aliphatic rings. The summed E-state index contributed by atoms with van der Waals surface area (Å²) in [5.74, 6) is 0. The molecule has 2 saturated heterocycles. The molecule has 3 rings (SSSR count). The SMILES string of the molecule is CC1CCC(CN(C)c2cccc(B3OC(C)(C)C(C)(C)O3)c2)O1. The lowest BCUT2D eigenvalue weighted by molar-refractivity contribution is 0.00578. The monoisotopic (exact) mass is 331 g/mol. The molecule has 2 unspecified atom stereocenters. The van der Waals surface area contributed by atoms with E-state index in [2.05, 4.69) is 70.8 Å². The van der Waals surface area contributed by atoms with Crippen LogP contribution in [0.2, 0.25) is 0 Å².